The Kier molecular flexibility index (Phi) is 5.84. The molecule has 3 aromatic rings. The fourth-order valence-electron chi connectivity index (χ4n) is 2.96. The third kappa shape index (κ3) is 3.72. The lowest BCUT2D eigenvalue weighted by atomic mass is 10.00. The van der Waals surface area contributed by atoms with Gasteiger partial charge in [0.2, 0.25) is 0 Å². The van der Waals surface area contributed by atoms with E-state index in [-0.39, 0.29) is 0 Å². The van der Waals surface area contributed by atoms with Gasteiger partial charge in [0.15, 0.2) is 0 Å². The molecule has 0 aromatic heterocycles. The summed E-state index contributed by atoms with van der Waals surface area (Å²) in [6.45, 7) is 9.71. The fourth-order valence-corrected chi connectivity index (χ4v) is 3.48. The first-order chi connectivity index (χ1) is 12.4. The average Bonchev–Trinajstić information content (AvgIpc) is 2.58. The maximum absolute atomic E-state index is 6.58. The minimum atomic E-state index is 0.402. The zero-order valence-electron chi connectivity index (χ0n) is 15.6. The number of halogens is 2. The Morgan fingerprint density at radius 2 is 1.08 bits per heavy atom. The van der Waals surface area contributed by atoms with Crippen LogP contribution >= 0.6 is 23.2 Å². The van der Waals surface area contributed by atoms with E-state index in [1.54, 1.807) is 0 Å². The lowest BCUT2D eigenvalue weighted by molar-refractivity contribution is 0.273. The molecule has 3 aromatic carbocycles. The van der Waals surface area contributed by atoms with Gasteiger partial charge < -0.3 is 9.47 Å². The number of benzene rings is 3. The maximum Gasteiger partial charge on any atom is 0.136 e. The summed E-state index contributed by atoms with van der Waals surface area (Å²) >= 11 is 13.2. The third-order valence-electron chi connectivity index (χ3n) is 4.09. The molecule has 0 saturated heterocycles. The zero-order chi connectivity index (χ0) is 18.8. The Morgan fingerprint density at radius 3 is 1.42 bits per heavy atom. The fraction of sp³-hybridized carbons (Fsp3) is 0.364. The van der Waals surface area contributed by atoms with Gasteiger partial charge in [-0.15, -0.1) is 0 Å². The van der Waals surface area contributed by atoms with Crippen LogP contribution in [0.1, 0.15) is 27.7 Å². The largest absolute Gasteiger partial charge is 0.492 e. The molecule has 0 radical (unpaired) electrons. The van der Waals surface area contributed by atoms with Crippen molar-refractivity contribution in [3.63, 3.8) is 0 Å². The minimum Gasteiger partial charge on any atom is -0.492 e. The second-order valence-corrected chi connectivity index (χ2v) is 8.21. The van der Waals surface area contributed by atoms with E-state index >= 15 is 0 Å². The summed E-state index contributed by atoms with van der Waals surface area (Å²) in [5.41, 5.74) is 0. The van der Waals surface area contributed by atoms with Crippen LogP contribution in [0, 0.1) is 11.8 Å². The smallest absolute Gasteiger partial charge is 0.136 e. The predicted octanol–water partition coefficient (Wildman–Crippen LogP) is 7.37. The van der Waals surface area contributed by atoms with E-state index in [2.05, 4.69) is 27.7 Å². The molecule has 0 heterocycles. The monoisotopic (exact) mass is 390 g/mol. The molecule has 138 valence electrons. The van der Waals surface area contributed by atoms with E-state index in [0.717, 1.165) is 33.0 Å². The van der Waals surface area contributed by atoms with E-state index in [9.17, 15) is 0 Å². The molecule has 0 saturated carbocycles. The Hall–Kier alpha value is -1.64. The van der Waals surface area contributed by atoms with Gasteiger partial charge in [-0.05, 0) is 24.0 Å². The van der Waals surface area contributed by atoms with Gasteiger partial charge in [0.05, 0.1) is 23.3 Å². The van der Waals surface area contributed by atoms with Gasteiger partial charge in [-0.3, -0.25) is 0 Å². The topological polar surface area (TPSA) is 18.5 Å². The van der Waals surface area contributed by atoms with Crippen LogP contribution in [0.3, 0.4) is 0 Å². The van der Waals surface area contributed by atoms with Crippen molar-refractivity contribution in [1.29, 1.82) is 0 Å². The van der Waals surface area contributed by atoms with E-state index in [4.69, 9.17) is 32.7 Å². The van der Waals surface area contributed by atoms with E-state index in [1.807, 2.05) is 36.4 Å². The summed E-state index contributed by atoms with van der Waals surface area (Å²) in [7, 11) is 0. The second kappa shape index (κ2) is 7.94. The summed E-state index contributed by atoms with van der Waals surface area (Å²) in [5, 5.41) is 4.91. The first-order valence-electron chi connectivity index (χ1n) is 8.98. The summed E-state index contributed by atoms with van der Waals surface area (Å²) in [5.74, 6) is 2.35. The molecule has 2 nitrogen and oxygen atoms in total. The number of hydrogen-bond donors (Lipinski definition) is 0. The molecular formula is C22H24Cl2O2. The van der Waals surface area contributed by atoms with Crippen molar-refractivity contribution in [2.75, 3.05) is 13.2 Å². The summed E-state index contributed by atoms with van der Waals surface area (Å²) in [4.78, 5) is 0. The molecule has 0 bridgehead atoms. The van der Waals surface area contributed by atoms with Crippen LogP contribution in [0.5, 0.6) is 11.5 Å². The molecule has 0 amide bonds. The van der Waals surface area contributed by atoms with Gasteiger partial charge in [0, 0.05) is 21.5 Å². The van der Waals surface area contributed by atoms with Crippen LogP contribution in [-0.4, -0.2) is 13.2 Å². The Balaban J connectivity index is 2.37. The van der Waals surface area contributed by atoms with Gasteiger partial charge in [-0.1, -0.05) is 75.2 Å². The predicted molar refractivity (Wildman–Crippen MR) is 112 cm³/mol. The van der Waals surface area contributed by atoms with E-state index in [1.165, 1.54) is 0 Å². The summed E-state index contributed by atoms with van der Waals surface area (Å²) < 4.78 is 12.4. The summed E-state index contributed by atoms with van der Waals surface area (Å²) in [6.07, 6.45) is 0. The highest BCUT2D eigenvalue weighted by Crippen LogP contribution is 2.47. The van der Waals surface area contributed by atoms with E-state index < -0.39 is 0 Å². The molecule has 4 heteroatoms. The van der Waals surface area contributed by atoms with Gasteiger partial charge in [0.1, 0.15) is 11.5 Å². The Bertz CT molecular complexity index is 855. The van der Waals surface area contributed by atoms with Crippen molar-refractivity contribution in [3.8, 4) is 11.5 Å². The second-order valence-electron chi connectivity index (χ2n) is 7.39. The molecule has 0 aliphatic heterocycles. The molecule has 0 atom stereocenters. The van der Waals surface area contributed by atoms with Crippen molar-refractivity contribution in [2.24, 2.45) is 11.8 Å². The molecule has 3 rings (SSSR count). The number of rotatable bonds is 6. The lowest BCUT2D eigenvalue weighted by Crippen LogP contribution is -2.08. The van der Waals surface area contributed by atoms with Crippen LogP contribution in [0.2, 0.25) is 10.0 Å². The van der Waals surface area contributed by atoms with Gasteiger partial charge in [-0.2, -0.15) is 0 Å². The molecule has 0 N–H and O–H groups in total. The van der Waals surface area contributed by atoms with Crippen LogP contribution in [0.4, 0.5) is 0 Å². The quantitative estimate of drug-likeness (QED) is 0.409. The number of hydrogen-bond acceptors (Lipinski definition) is 2. The normalized spacial score (nSPS) is 11.7. The van der Waals surface area contributed by atoms with Crippen LogP contribution in [-0.2, 0) is 0 Å². The minimum absolute atomic E-state index is 0.402. The maximum atomic E-state index is 6.58. The standard InChI is InChI=1S/C22H24Cl2O2/c1-13(2)11-25-21-15-7-5-10-18(24)20(15)22(26-12-14(3)4)16-8-6-9-17(23)19(16)21/h5-10,13-14H,11-12H2,1-4H3. The molecule has 0 aliphatic carbocycles. The van der Waals surface area contributed by atoms with Gasteiger partial charge in [-0.25, -0.2) is 0 Å². The van der Waals surface area contributed by atoms with Crippen molar-refractivity contribution >= 4 is 44.7 Å². The SMILES string of the molecule is CC(C)COc1c2cccc(Cl)c2c(OCC(C)C)c2cccc(Cl)c12. The van der Waals surface area contributed by atoms with Crippen LogP contribution < -0.4 is 9.47 Å². The molecule has 0 fully saturated rings. The Labute approximate surface area is 165 Å². The van der Waals surface area contributed by atoms with Crippen molar-refractivity contribution in [3.05, 3.63) is 46.4 Å². The molecule has 0 aliphatic rings. The zero-order valence-corrected chi connectivity index (χ0v) is 17.1. The highest BCUT2D eigenvalue weighted by molar-refractivity contribution is 6.40. The van der Waals surface area contributed by atoms with E-state index in [0.29, 0.717) is 35.1 Å². The van der Waals surface area contributed by atoms with Gasteiger partial charge in [0.25, 0.3) is 0 Å². The number of fused-ring (bicyclic) bond motifs is 2. The van der Waals surface area contributed by atoms with Crippen LogP contribution in [0.15, 0.2) is 36.4 Å². The molecule has 0 unspecified atom stereocenters. The first kappa shape index (κ1) is 19.1. The lowest BCUT2D eigenvalue weighted by Gasteiger charge is -2.20. The Morgan fingerprint density at radius 1 is 0.692 bits per heavy atom. The number of ether oxygens (including phenoxy) is 2. The average molecular weight is 391 g/mol. The van der Waals surface area contributed by atoms with Crippen molar-refractivity contribution in [2.45, 2.75) is 27.7 Å². The molecule has 0 spiro atoms. The highest BCUT2D eigenvalue weighted by atomic mass is 35.5. The van der Waals surface area contributed by atoms with Crippen LogP contribution in [0.25, 0.3) is 21.5 Å². The van der Waals surface area contributed by atoms with Crippen molar-refractivity contribution in [1.82, 2.24) is 0 Å². The van der Waals surface area contributed by atoms with Gasteiger partial charge >= 0.3 is 0 Å². The summed E-state index contributed by atoms with van der Waals surface area (Å²) in [6, 6.07) is 11.7. The molecule has 26 heavy (non-hydrogen) atoms. The third-order valence-corrected chi connectivity index (χ3v) is 4.72. The van der Waals surface area contributed by atoms with Crippen molar-refractivity contribution < 1.29 is 9.47 Å². The molecular weight excluding hydrogens is 367 g/mol. The first-order valence-corrected chi connectivity index (χ1v) is 9.73. The highest BCUT2D eigenvalue weighted by Gasteiger charge is 2.20.